The maximum atomic E-state index is 5.80. The molecule has 4 aromatic rings. The molecule has 0 unspecified atom stereocenters. The van der Waals surface area contributed by atoms with Crippen molar-refractivity contribution in [3.8, 4) is 17.3 Å². The highest BCUT2D eigenvalue weighted by molar-refractivity contribution is 9.10. The predicted octanol–water partition coefficient (Wildman–Crippen LogP) is 5.52. The molecule has 0 aliphatic rings. The van der Waals surface area contributed by atoms with E-state index in [0.29, 0.717) is 18.9 Å². The van der Waals surface area contributed by atoms with Gasteiger partial charge in [0.25, 0.3) is 0 Å². The molecule has 2 aromatic carbocycles. The quantitative estimate of drug-likeness (QED) is 0.258. The number of nitrogens with zero attached hydrogens (tertiary/aromatic N) is 3. The van der Waals surface area contributed by atoms with E-state index in [1.807, 2.05) is 54.6 Å². The van der Waals surface area contributed by atoms with Crippen LogP contribution in [-0.4, -0.2) is 27.1 Å². The van der Waals surface area contributed by atoms with Gasteiger partial charge in [0.1, 0.15) is 5.75 Å². The van der Waals surface area contributed by atoms with Crippen molar-refractivity contribution in [1.29, 1.82) is 0 Å². The predicted molar refractivity (Wildman–Crippen MR) is 114 cm³/mol. The molecule has 4 rings (SSSR count). The van der Waals surface area contributed by atoms with Crippen LogP contribution in [0.25, 0.3) is 11.6 Å². The Morgan fingerprint density at radius 3 is 2.54 bits per heavy atom. The maximum Gasteiger partial charge on any atom is 0.200 e. The van der Waals surface area contributed by atoms with Gasteiger partial charge in [0.05, 0.1) is 19.4 Å². The Hall–Kier alpha value is -2.51. The van der Waals surface area contributed by atoms with Gasteiger partial charge >= 0.3 is 0 Å². The van der Waals surface area contributed by atoms with Crippen molar-refractivity contribution < 1.29 is 9.15 Å². The van der Waals surface area contributed by atoms with E-state index >= 15 is 0 Å². The Labute approximate surface area is 175 Å². The maximum absolute atomic E-state index is 5.80. The van der Waals surface area contributed by atoms with Gasteiger partial charge in [-0.1, -0.05) is 58.0 Å². The zero-order valence-corrected chi connectivity index (χ0v) is 17.4. The van der Waals surface area contributed by atoms with Crippen LogP contribution in [-0.2, 0) is 6.54 Å². The minimum absolute atomic E-state index is 0.584. The first-order valence-electron chi connectivity index (χ1n) is 8.82. The van der Waals surface area contributed by atoms with Crippen LogP contribution in [0.2, 0.25) is 0 Å². The smallest absolute Gasteiger partial charge is 0.200 e. The van der Waals surface area contributed by atoms with Gasteiger partial charge in [-0.2, -0.15) is 0 Å². The first kappa shape index (κ1) is 18.8. The minimum Gasteiger partial charge on any atom is -0.493 e. The molecule has 0 radical (unpaired) electrons. The number of furan rings is 1. The van der Waals surface area contributed by atoms with Crippen LogP contribution in [0.3, 0.4) is 0 Å². The Kier molecular flexibility index (Phi) is 6.14. The van der Waals surface area contributed by atoms with Crippen LogP contribution in [0.1, 0.15) is 5.56 Å². The van der Waals surface area contributed by atoms with Gasteiger partial charge in [-0.3, -0.25) is 4.57 Å². The molecule has 142 valence electrons. The Morgan fingerprint density at radius 1 is 0.964 bits per heavy atom. The van der Waals surface area contributed by atoms with E-state index < -0.39 is 0 Å². The Morgan fingerprint density at radius 2 is 1.79 bits per heavy atom. The molecular formula is C21H18BrN3O2S. The lowest BCUT2D eigenvalue weighted by atomic mass is 10.2. The normalized spacial score (nSPS) is 10.9. The lowest BCUT2D eigenvalue weighted by molar-refractivity contribution is 0.343. The minimum atomic E-state index is 0.584. The van der Waals surface area contributed by atoms with Gasteiger partial charge in [0.2, 0.25) is 5.82 Å². The summed E-state index contributed by atoms with van der Waals surface area (Å²) in [5.74, 6) is 3.05. The molecule has 2 aromatic heterocycles. The van der Waals surface area contributed by atoms with Crippen molar-refractivity contribution in [1.82, 2.24) is 14.8 Å². The lowest BCUT2D eigenvalue weighted by Crippen LogP contribution is -2.06. The second kappa shape index (κ2) is 9.12. The fourth-order valence-electron chi connectivity index (χ4n) is 2.72. The third-order valence-electron chi connectivity index (χ3n) is 4.04. The Bertz CT molecular complexity index is 1000. The lowest BCUT2D eigenvalue weighted by Gasteiger charge is -2.10. The molecule has 0 spiro atoms. The van der Waals surface area contributed by atoms with Gasteiger partial charge in [0.15, 0.2) is 10.9 Å². The average molecular weight is 456 g/mol. The summed E-state index contributed by atoms with van der Waals surface area (Å²) in [6, 6.07) is 21.8. The average Bonchev–Trinajstić information content (AvgIpc) is 3.38. The molecule has 0 saturated carbocycles. The fourth-order valence-corrected chi connectivity index (χ4v) is 3.73. The monoisotopic (exact) mass is 455 g/mol. The zero-order chi connectivity index (χ0) is 19.2. The number of thioether (sulfide) groups is 1. The van der Waals surface area contributed by atoms with E-state index in [-0.39, 0.29) is 0 Å². The number of ether oxygens (including phenoxy) is 1. The summed E-state index contributed by atoms with van der Waals surface area (Å²) in [6.45, 7) is 1.26. The van der Waals surface area contributed by atoms with Gasteiger partial charge in [-0.15, -0.1) is 10.2 Å². The summed E-state index contributed by atoms with van der Waals surface area (Å²) < 4.78 is 14.5. The van der Waals surface area contributed by atoms with E-state index in [4.69, 9.17) is 9.15 Å². The van der Waals surface area contributed by atoms with E-state index in [0.717, 1.165) is 27.0 Å². The molecule has 28 heavy (non-hydrogen) atoms. The summed E-state index contributed by atoms with van der Waals surface area (Å²) in [4.78, 5) is 0. The highest BCUT2D eigenvalue weighted by Crippen LogP contribution is 2.25. The highest BCUT2D eigenvalue weighted by atomic mass is 79.9. The summed E-state index contributed by atoms with van der Waals surface area (Å²) >= 11 is 5.05. The molecule has 0 atom stereocenters. The zero-order valence-electron chi connectivity index (χ0n) is 15.0. The largest absolute Gasteiger partial charge is 0.493 e. The summed E-state index contributed by atoms with van der Waals surface area (Å²) in [5.41, 5.74) is 1.18. The van der Waals surface area contributed by atoms with E-state index in [1.54, 1.807) is 18.0 Å². The van der Waals surface area contributed by atoms with Crippen LogP contribution >= 0.6 is 27.7 Å². The van der Waals surface area contributed by atoms with Crippen LogP contribution in [0.15, 0.2) is 87.0 Å². The summed E-state index contributed by atoms with van der Waals surface area (Å²) in [5, 5.41) is 9.57. The second-order valence-electron chi connectivity index (χ2n) is 6.01. The third-order valence-corrected chi connectivity index (χ3v) is 5.50. The van der Waals surface area contributed by atoms with Gasteiger partial charge < -0.3 is 9.15 Å². The number of hydrogen-bond donors (Lipinski definition) is 0. The van der Waals surface area contributed by atoms with Crippen molar-refractivity contribution >= 4 is 27.7 Å². The molecule has 2 heterocycles. The molecule has 0 fully saturated rings. The SMILES string of the molecule is Brc1ccc(OCCSc2nnc(-c3ccco3)n2Cc2ccccc2)cc1. The number of rotatable bonds is 8. The van der Waals surface area contributed by atoms with E-state index in [1.165, 1.54) is 5.56 Å². The number of hydrogen-bond acceptors (Lipinski definition) is 5. The molecule has 7 heteroatoms. The Balaban J connectivity index is 1.46. The molecule has 0 saturated heterocycles. The highest BCUT2D eigenvalue weighted by Gasteiger charge is 2.16. The number of benzene rings is 2. The van der Waals surface area contributed by atoms with Crippen LogP contribution in [0.5, 0.6) is 5.75 Å². The topological polar surface area (TPSA) is 53.1 Å². The molecular weight excluding hydrogens is 438 g/mol. The number of aromatic nitrogens is 3. The molecule has 5 nitrogen and oxygen atoms in total. The van der Waals surface area contributed by atoms with Crippen molar-refractivity contribution in [2.45, 2.75) is 11.7 Å². The second-order valence-corrected chi connectivity index (χ2v) is 7.98. The standard InChI is InChI=1S/C21H18BrN3O2S/c22-17-8-10-18(11-9-17)26-13-14-28-21-24-23-20(19-7-4-12-27-19)25(21)15-16-5-2-1-3-6-16/h1-12H,13-15H2. The first-order valence-corrected chi connectivity index (χ1v) is 10.6. The van der Waals surface area contributed by atoms with Gasteiger partial charge in [-0.25, -0.2) is 0 Å². The van der Waals surface area contributed by atoms with Crippen LogP contribution in [0.4, 0.5) is 0 Å². The summed E-state index contributed by atoms with van der Waals surface area (Å²) in [7, 11) is 0. The van der Waals surface area contributed by atoms with Crippen LogP contribution in [0, 0.1) is 0 Å². The first-order chi connectivity index (χ1) is 13.8. The van der Waals surface area contributed by atoms with E-state index in [9.17, 15) is 0 Å². The van der Waals surface area contributed by atoms with Gasteiger partial charge in [0, 0.05) is 10.2 Å². The van der Waals surface area contributed by atoms with Gasteiger partial charge in [-0.05, 0) is 42.0 Å². The molecule has 0 N–H and O–H groups in total. The van der Waals surface area contributed by atoms with Crippen molar-refractivity contribution in [2.75, 3.05) is 12.4 Å². The van der Waals surface area contributed by atoms with Crippen molar-refractivity contribution in [3.63, 3.8) is 0 Å². The third kappa shape index (κ3) is 4.66. The van der Waals surface area contributed by atoms with Crippen molar-refractivity contribution in [3.05, 3.63) is 83.0 Å². The fraction of sp³-hybridized carbons (Fsp3) is 0.143. The van der Waals surface area contributed by atoms with Crippen LogP contribution < -0.4 is 4.74 Å². The molecule has 0 aliphatic carbocycles. The summed E-state index contributed by atoms with van der Waals surface area (Å²) in [6.07, 6.45) is 1.65. The molecule has 0 aliphatic heterocycles. The van der Waals surface area contributed by atoms with Crippen molar-refractivity contribution in [2.24, 2.45) is 0 Å². The number of halogens is 1. The molecule has 0 bridgehead atoms. The van der Waals surface area contributed by atoms with E-state index in [2.05, 4.69) is 42.8 Å². The molecule has 0 amide bonds.